The third-order valence-electron chi connectivity index (χ3n) is 1.69. The van der Waals surface area contributed by atoms with E-state index in [1.54, 1.807) is 0 Å². The number of amides is 2. The van der Waals surface area contributed by atoms with E-state index in [0.717, 1.165) is 6.07 Å². The van der Waals surface area contributed by atoms with Crippen molar-refractivity contribution in [3.8, 4) is 5.75 Å². The fourth-order valence-corrected chi connectivity index (χ4v) is 1.09. The molecule has 1 aromatic rings. The number of carbonyl (C=O) groups excluding carboxylic acids is 1. The molecule has 0 atom stereocenters. The molecule has 4 nitrogen and oxygen atoms in total. The second-order valence-corrected chi connectivity index (χ2v) is 4.50. The number of anilines is 1. The summed E-state index contributed by atoms with van der Waals surface area (Å²) in [6.45, 7) is 5.51. The van der Waals surface area contributed by atoms with E-state index in [-0.39, 0.29) is 11.2 Å². The van der Waals surface area contributed by atoms with Crippen LogP contribution in [-0.2, 0) is 0 Å². The number of urea groups is 1. The van der Waals surface area contributed by atoms with Gasteiger partial charge in [0.05, 0.1) is 0 Å². The number of benzene rings is 1. The van der Waals surface area contributed by atoms with Gasteiger partial charge in [-0.2, -0.15) is 0 Å². The number of hydrogen-bond acceptors (Lipinski definition) is 2. The van der Waals surface area contributed by atoms with E-state index in [1.807, 2.05) is 20.8 Å². The average Bonchev–Trinajstić information content (AvgIpc) is 2.08. The quantitative estimate of drug-likeness (QED) is 0.644. The number of carbonyl (C=O) groups is 1. The largest absolute Gasteiger partial charge is 0.505 e. The molecule has 0 saturated carbocycles. The number of rotatable bonds is 1. The molecular weight excluding hydrogens is 211 g/mol. The number of nitrogens with one attached hydrogen (secondary N) is 2. The lowest BCUT2D eigenvalue weighted by Crippen LogP contribution is -2.43. The van der Waals surface area contributed by atoms with E-state index in [2.05, 4.69) is 10.6 Å². The van der Waals surface area contributed by atoms with Crippen LogP contribution in [-0.4, -0.2) is 16.7 Å². The highest BCUT2D eigenvalue weighted by atomic mass is 19.1. The maximum Gasteiger partial charge on any atom is 0.319 e. The van der Waals surface area contributed by atoms with Gasteiger partial charge in [0.15, 0.2) is 11.6 Å². The first-order valence-electron chi connectivity index (χ1n) is 4.85. The van der Waals surface area contributed by atoms with Crippen LogP contribution in [0.15, 0.2) is 18.2 Å². The van der Waals surface area contributed by atoms with Crippen molar-refractivity contribution in [3.05, 3.63) is 24.0 Å². The highest BCUT2D eigenvalue weighted by Gasteiger charge is 2.13. The fourth-order valence-electron chi connectivity index (χ4n) is 1.09. The summed E-state index contributed by atoms with van der Waals surface area (Å²) in [5, 5.41) is 14.1. The molecule has 0 unspecified atom stereocenters. The summed E-state index contributed by atoms with van der Waals surface area (Å²) >= 11 is 0. The molecule has 16 heavy (non-hydrogen) atoms. The Morgan fingerprint density at radius 3 is 2.50 bits per heavy atom. The molecule has 0 aromatic heterocycles. The molecule has 0 radical (unpaired) electrons. The molecule has 0 aliphatic heterocycles. The highest BCUT2D eigenvalue weighted by Crippen LogP contribution is 2.19. The molecule has 1 rings (SSSR count). The summed E-state index contributed by atoms with van der Waals surface area (Å²) < 4.78 is 12.9. The van der Waals surface area contributed by atoms with E-state index >= 15 is 0 Å². The Hall–Kier alpha value is -1.78. The van der Waals surface area contributed by atoms with Crippen LogP contribution in [0.1, 0.15) is 20.8 Å². The molecule has 0 aliphatic carbocycles. The summed E-state index contributed by atoms with van der Waals surface area (Å²) in [5.41, 5.74) is -0.0726. The Kier molecular flexibility index (Phi) is 3.37. The maximum atomic E-state index is 12.9. The number of halogens is 1. The zero-order chi connectivity index (χ0) is 12.3. The van der Waals surface area contributed by atoms with Crippen molar-refractivity contribution in [3.63, 3.8) is 0 Å². The van der Waals surface area contributed by atoms with Crippen molar-refractivity contribution in [2.75, 3.05) is 5.32 Å². The van der Waals surface area contributed by atoms with Crippen LogP contribution in [0.4, 0.5) is 14.9 Å². The Morgan fingerprint density at radius 2 is 2.00 bits per heavy atom. The molecule has 0 fully saturated rings. The van der Waals surface area contributed by atoms with Crippen molar-refractivity contribution in [2.24, 2.45) is 0 Å². The summed E-state index contributed by atoms with van der Waals surface area (Å²) in [6.07, 6.45) is 0. The van der Waals surface area contributed by atoms with Crippen LogP contribution >= 0.6 is 0 Å². The van der Waals surface area contributed by atoms with Gasteiger partial charge in [0.25, 0.3) is 0 Å². The van der Waals surface area contributed by atoms with Gasteiger partial charge in [-0.05, 0) is 32.9 Å². The summed E-state index contributed by atoms with van der Waals surface area (Å²) in [5.74, 6) is -1.21. The van der Waals surface area contributed by atoms with E-state index in [4.69, 9.17) is 5.11 Å². The molecule has 0 bridgehead atoms. The minimum atomic E-state index is -0.770. The van der Waals surface area contributed by atoms with Crippen LogP contribution in [0.5, 0.6) is 5.75 Å². The highest BCUT2D eigenvalue weighted by molar-refractivity contribution is 5.89. The van der Waals surface area contributed by atoms with Gasteiger partial charge in [-0.25, -0.2) is 9.18 Å². The standard InChI is InChI=1S/C11H15FN2O2/c1-11(2,3)14-10(16)13-7-4-5-9(15)8(12)6-7/h4-6,15H,1-3H3,(H2,13,14,16). The number of phenols is 1. The van der Waals surface area contributed by atoms with E-state index in [1.165, 1.54) is 12.1 Å². The number of phenolic OH excluding ortho intramolecular Hbond substituents is 1. The SMILES string of the molecule is CC(C)(C)NC(=O)Nc1ccc(O)c(F)c1. The maximum absolute atomic E-state index is 12.9. The minimum absolute atomic E-state index is 0.289. The summed E-state index contributed by atoms with van der Waals surface area (Å²) in [6, 6.07) is 3.23. The third-order valence-corrected chi connectivity index (χ3v) is 1.69. The Balaban J connectivity index is 2.67. The van der Waals surface area contributed by atoms with Gasteiger partial charge >= 0.3 is 6.03 Å². The zero-order valence-corrected chi connectivity index (χ0v) is 9.47. The lowest BCUT2D eigenvalue weighted by atomic mass is 10.1. The monoisotopic (exact) mass is 226 g/mol. The molecular formula is C11H15FN2O2. The lowest BCUT2D eigenvalue weighted by molar-refractivity contribution is 0.244. The van der Waals surface area contributed by atoms with Gasteiger partial charge in [-0.15, -0.1) is 0 Å². The van der Waals surface area contributed by atoms with Crippen molar-refractivity contribution in [2.45, 2.75) is 26.3 Å². The normalized spacial score (nSPS) is 11.0. The molecule has 0 aliphatic rings. The zero-order valence-electron chi connectivity index (χ0n) is 9.47. The van der Waals surface area contributed by atoms with Gasteiger partial charge in [0.2, 0.25) is 0 Å². The first-order chi connectivity index (χ1) is 7.28. The number of hydrogen-bond donors (Lipinski definition) is 3. The van der Waals surface area contributed by atoms with Gasteiger partial charge < -0.3 is 15.7 Å². The van der Waals surface area contributed by atoms with Crippen molar-refractivity contribution in [1.29, 1.82) is 0 Å². The van der Waals surface area contributed by atoms with Crippen LogP contribution in [0.3, 0.4) is 0 Å². The summed E-state index contributed by atoms with van der Waals surface area (Å²) in [4.78, 5) is 11.4. The second kappa shape index (κ2) is 4.38. The van der Waals surface area contributed by atoms with Gasteiger partial charge in [0.1, 0.15) is 0 Å². The van der Waals surface area contributed by atoms with E-state index in [9.17, 15) is 9.18 Å². The molecule has 88 valence electrons. The van der Waals surface area contributed by atoms with Crippen LogP contribution in [0.2, 0.25) is 0 Å². The molecule has 5 heteroatoms. The Morgan fingerprint density at radius 1 is 1.38 bits per heavy atom. The Labute approximate surface area is 93.5 Å². The molecule has 0 heterocycles. The van der Waals surface area contributed by atoms with Crippen LogP contribution in [0, 0.1) is 5.82 Å². The second-order valence-electron chi connectivity index (χ2n) is 4.50. The average molecular weight is 226 g/mol. The Bertz CT molecular complexity index is 399. The lowest BCUT2D eigenvalue weighted by Gasteiger charge is -2.20. The predicted octanol–water partition coefficient (Wildman–Crippen LogP) is 2.45. The van der Waals surface area contributed by atoms with E-state index in [0.29, 0.717) is 0 Å². The van der Waals surface area contributed by atoms with Crippen LogP contribution < -0.4 is 10.6 Å². The number of aromatic hydroxyl groups is 1. The molecule has 0 spiro atoms. The van der Waals surface area contributed by atoms with Gasteiger partial charge in [0, 0.05) is 17.3 Å². The van der Waals surface area contributed by atoms with Gasteiger partial charge in [-0.1, -0.05) is 0 Å². The molecule has 3 N–H and O–H groups in total. The third kappa shape index (κ3) is 3.76. The topological polar surface area (TPSA) is 61.4 Å². The predicted molar refractivity (Wildman–Crippen MR) is 60.0 cm³/mol. The van der Waals surface area contributed by atoms with Crippen molar-refractivity contribution >= 4 is 11.7 Å². The smallest absolute Gasteiger partial charge is 0.319 e. The fraction of sp³-hybridized carbons (Fsp3) is 0.364. The van der Waals surface area contributed by atoms with Crippen LogP contribution in [0.25, 0.3) is 0 Å². The van der Waals surface area contributed by atoms with Crippen molar-refractivity contribution < 1.29 is 14.3 Å². The molecule has 2 amide bonds. The minimum Gasteiger partial charge on any atom is -0.505 e. The van der Waals surface area contributed by atoms with Gasteiger partial charge in [-0.3, -0.25) is 0 Å². The first-order valence-corrected chi connectivity index (χ1v) is 4.85. The van der Waals surface area contributed by atoms with Crippen molar-refractivity contribution in [1.82, 2.24) is 5.32 Å². The summed E-state index contributed by atoms with van der Waals surface area (Å²) in [7, 11) is 0. The molecule has 1 aromatic carbocycles. The first kappa shape index (κ1) is 12.3. The van der Waals surface area contributed by atoms with E-state index < -0.39 is 17.6 Å². The molecule has 0 saturated heterocycles.